The van der Waals surface area contributed by atoms with Crippen molar-refractivity contribution in [1.29, 1.82) is 0 Å². The third kappa shape index (κ3) is 1.85. The summed E-state index contributed by atoms with van der Waals surface area (Å²) in [6, 6.07) is 0. The van der Waals surface area contributed by atoms with Gasteiger partial charge in [-0.15, -0.1) is 0 Å². The molecule has 60 valence electrons. The number of hydrogen-bond donors (Lipinski definition) is 1. The van der Waals surface area contributed by atoms with E-state index in [-0.39, 0.29) is 13.2 Å². The van der Waals surface area contributed by atoms with Gasteiger partial charge in [-0.25, -0.2) is 4.90 Å². The first kappa shape index (κ1) is 7.81. The summed E-state index contributed by atoms with van der Waals surface area (Å²) in [6.07, 6.45) is -3.59. The van der Waals surface area contributed by atoms with Crippen LogP contribution in [0.1, 0.15) is 6.42 Å². The average molecular weight is 154 g/mol. The number of nitrogens with one attached hydrogen (secondary N) is 1. The van der Waals surface area contributed by atoms with E-state index in [4.69, 9.17) is 0 Å². The predicted octanol–water partition coefficient (Wildman–Crippen LogP) is 0.759. The smallest absolute Gasteiger partial charge is 0.304 e. The van der Waals surface area contributed by atoms with Crippen molar-refractivity contribution in [2.45, 2.75) is 12.7 Å². The second-order valence-corrected chi connectivity index (χ2v) is 2.24. The third-order valence-electron chi connectivity index (χ3n) is 1.44. The van der Waals surface area contributed by atoms with Gasteiger partial charge in [0.15, 0.2) is 0 Å². The lowest BCUT2D eigenvalue weighted by atomic mass is 10.3. The minimum absolute atomic E-state index is 0.0660. The summed E-state index contributed by atoms with van der Waals surface area (Å²) < 4.78 is 35.5. The van der Waals surface area contributed by atoms with Gasteiger partial charge in [-0.2, -0.15) is 13.2 Å². The van der Waals surface area contributed by atoms with Gasteiger partial charge in [0.25, 0.3) is 0 Å². The highest BCUT2D eigenvalue weighted by Gasteiger charge is 2.37. The van der Waals surface area contributed by atoms with E-state index < -0.39 is 6.30 Å². The van der Waals surface area contributed by atoms with E-state index in [1.807, 2.05) is 0 Å². The molecule has 0 aromatic rings. The minimum atomic E-state index is -4.16. The molecular formula is C5H9F3N2. The van der Waals surface area contributed by atoms with E-state index in [0.29, 0.717) is 17.9 Å². The highest BCUT2D eigenvalue weighted by atomic mass is 19.4. The molecule has 0 unspecified atom stereocenters. The first-order valence-electron chi connectivity index (χ1n) is 3.13. The molecule has 0 atom stereocenters. The van der Waals surface area contributed by atoms with Crippen molar-refractivity contribution < 1.29 is 13.2 Å². The second kappa shape index (κ2) is 2.75. The van der Waals surface area contributed by atoms with Crippen LogP contribution >= 0.6 is 0 Å². The van der Waals surface area contributed by atoms with Crippen LogP contribution in [-0.4, -0.2) is 31.0 Å². The minimum Gasteiger partial charge on any atom is -0.304 e. The largest absolute Gasteiger partial charge is 0.460 e. The molecule has 0 aromatic heterocycles. The molecule has 1 saturated heterocycles. The fourth-order valence-electron chi connectivity index (χ4n) is 0.904. The van der Waals surface area contributed by atoms with Crippen molar-refractivity contribution in [3.05, 3.63) is 0 Å². The van der Waals surface area contributed by atoms with Crippen LogP contribution in [0.2, 0.25) is 0 Å². The Kier molecular flexibility index (Phi) is 2.15. The maximum Gasteiger partial charge on any atom is 0.460 e. The molecule has 0 aromatic carbocycles. The summed E-state index contributed by atoms with van der Waals surface area (Å²) in [5.74, 6) is 0. The van der Waals surface area contributed by atoms with E-state index in [2.05, 4.69) is 5.32 Å². The van der Waals surface area contributed by atoms with Gasteiger partial charge in [0, 0.05) is 6.54 Å². The van der Waals surface area contributed by atoms with Crippen LogP contribution in [0.15, 0.2) is 0 Å². The molecule has 1 rings (SSSR count). The van der Waals surface area contributed by atoms with Gasteiger partial charge < -0.3 is 5.32 Å². The highest BCUT2D eigenvalue weighted by molar-refractivity contribution is 4.65. The van der Waals surface area contributed by atoms with Gasteiger partial charge >= 0.3 is 6.30 Å². The number of rotatable bonds is 0. The summed E-state index contributed by atoms with van der Waals surface area (Å²) in [5.41, 5.74) is 0. The van der Waals surface area contributed by atoms with E-state index in [0.717, 1.165) is 0 Å². The summed E-state index contributed by atoms with van der Waals surface area (Å²) in [4.78, 5) is 0.469. The van der Waals surface area contributed by atoms with Crippen LogP contribution in [0, 0.1) is 0 Å². The Labute approximate surface area is 57.0 Å². The molecule has 1 aliphatic rings. The molecule has 0 radical (unpaired) electrons. The molecule has 0 amide bonds. The zero-order valence-corrected chi connectivity index (χ0v) is 5.41. The van der Waals surface area contributed by atoms with Crippen molar-refractivity contribution >= 4 is 0 Å². The Morgan fingerprint density at radius 1 is 1.30 bits per heavy atom. The molecule has 5 heteroatoms. The summed E-state index contributed by atoms with van der Waals surface area (Å²) in [7, 11) is 0. The fraction of sp³-hybridized carbons (Fsp3) is 1.00. The van der Waals surface area contributed by atoms with Crippen molar-refractivity contribution in [2.24, 2.45) is 0 Å². The first-order chi connectivity index (χ1) is 4.61. The molecule has 2 nitrogen and oxygen atoms in total. The van der Waals surface area contributed by atoms with E-state index in [9.17, 15) is 13.2 Å². The van der Waals surface area contributed by atoms with E-state index in [1.54, 1.807) is 0 Å². The van der Waals surface area contributed by atoms with Gasteiger partial charge in [-0.1, -0.05) is 0 Å². The van der Waals surface area contributed by atoms with Gasteiger partial charge in [0.2, 0.25) is 0 Å². The molecule has 0 spiro atoms. The lowest BCUT2D eigenvalue weighted by Gasteiger charge is -2.28. The third-order valence-corrected chi connectivity index (χ3v) is 1.44. The Hall–Kier alpha value is -0.290. The molecule has 10 heavy (non-hydrogen) atoms. The standard InChI is InChI=1S/C5H9F3N2/c6-5(7,8)10-3-1-2-9-4-10/h9H,1-4H2. The van der Waals surface area contributed by atoms with Crippen LogP contribution in [0.3, 0.4) is 0 Å². The quantitative estimate of drug-likeness (QED) is 0.518. The molecule has 0 saturated carbocycles. The Balaban J connectivity index is 2.39. The number of alkyl halides is 3. The molecule has 1 N–H and O–H groups in total. The van der Waals surface area contributed by atoms with Crippen molar-refractivity contribution in [1.82, 2.24) is 10.2 Å². The zero-order chi connectivity index (χ0) is 7.61. The molecular weight excluding hydrogens is 145 g/mol. The monoisotopic (exact) mass is 154 g/mol. The van der Waals surface area contributed by atoms with Crippen molar-refractivity contribution in [3.63, 3.8) is 0 Å². The molecule has 0 aliphatic carbocycles. The van der Waals surface area contributed by atoms with Gasteiger partial charge in [0.1, 0.15) is 0 Å². The summed E-state index contributed by atoms with van der Waals surface area (Å²) in [6.45, 7) is 0.743. The van der Waals surface area contributed by atoms with Crippen LogP contribution in [-0.2, 0) is 0 Å². The maximum absolute atomic E-state index is 11.8. The molecule has 1 heterocycles. The summed E-state index contributed by atoms with van der Waals surface area (Å²) in [5, 5.41) is 2.65. The average Bonchev–Trinajstić information content (AvgIpc) is 1.88. The van der Waals surface area contributed by atoms with Crippen LogP contribution < -0.4 is 5.32 Å². The molecule has 1 aliphatic heterocycles. The normalized spacial score (nSPS) is 23.1. The van der Waals surface area contributed by atoms with E-state index >= 15 is 0 Å². The number of nitrogens with zero attached hydrogens (tertiary/aromatic N) is 1. The number of halogens is 3. The first-order valence-corrected chi connectivity index (χ1v) is 3.13. The molecule has 1 fully saturated rings. The number of hydrogen-bond acceptors (Lipinski definition) is 2. The zero-order valence-electron chi connectivity index (χ0n) is 5.41. The Morgan fingerprint density at radius 3 is 2.30 bits per heavy atom. The highest BCUT2D eigenvalue weighted by Crippen LogP contribution is 2.21. The topological polar surface area (TPSA) is 15.3 Å². The lowest BCUT2D eigenvalue weighted by Crippen LogP contribution is -2.48. The second-order valence-electron chi connectivity index (χ2n) is 2.24. The van der Waals surface area contributed by atoms with Gasteiger partial charge in [-0.05, 0) is 13.0 Å². The fourth-order valence-corrected chi connectivity index (χ4v) is 0.904. The van der Waals surface area contributed by atoms with Gasteiger partial charge in [-0.3, -0.25) is 0 Å². The van der Waals surface area contributed by atoms with Gasteiger partial charge in [0.05, 0.1) is 6.67 Å². The lowest BCUT2D eigenvalue weighted by molar-refractivity contribution is -0.250. The Bertz CT molecular complexity index is 106. The maximum atomic E-state index is 11.8. The van der Waals surface area contributed by atoms with Crippen LogP contribution in [0.4, 0.5) is 13.2 Å². The molecule has 0 bridgehead atoms. The van der Waals surface area contributed by atoms with Crippen molar-refractivity contribution in [3.8, 4) is 0 Å². The SMILES string of the molecule is FC(F)(F)N1CCCNC1. The van der Waals surface area contributed by atoms with Crippen LogP contribution in [0.5, 0.6) is 0 Å². The summed E-state index contributed by atoms with van der Waals surface area (Å²) >= 11 is 0. The van der Waals surface area contributed by atoms with Crippen molar-refractivity contribution in [2.75, 3.05) is 19.8 Å². The Morgan fingerprint density at radius 2 is 2.00 bits per heavy atom. The van der Waals surface area contributed by atoms with E-state index in [1.165, 1.54) is 0 Å². The predicted molar refractivity (Wildman–Crippen MR) is 30.2 cm³/mol. The van der Waals surface area contributed by atoms with Crippen LogP contribution in [0.25, 0.3) is 0 Å².